The van der Waals surface area contributed by atoms with E-state index < -0.39 is 59.5 Å². The largest absolute Gasteiger partial charge is 0.490 e. The van der Waals surface area contributed by atoms with Crippen LogP contribution >= 0.6 is 23.5 Å². The van der Waals surface area contributed by atoms with Crippen LogP contribution in [0.5, 0.6) is 0 Å². The Morgan fingerprint density at radius 3 is 2.32 bits per heavy atom. The van der Waals surface area contributed by atoms with Crippen LogP contribution in [0.15, 0.2) is 24.7 Å². The molecule has 3 aliphatic rings. The molecular weight excluding hydrogens is 485 g/mol. The molecule has 0 aromatic heterocycles. The molecule has 3 rings (SSSR count). The average Bonchev–Trinajstić information content (AvgIpc) is 2.98. The summed E-state index contributed by atoms with van der Waals surface area (Å²) in [6.07, 6.45) is -0.257. The molecular formula is C13H21N2O13P3. The maximum absolute atomic E-state index is 12.3. The van der Waals surface area contributed by atoms with Gasteiger partial charge in [-0.05, 0) is 13.8 Å². The minimum Gasteiger partial charge on any atom is -0.342 e. The van der Waals surface area contributed by atoms with Gasteiger partial charge in [0.15, 0.2) is 5.79 Å². The lowest BCUT2D eigenvalue weighted by Crippen LogP contribution is -2.45. The molecule has 2 heterocycles. The van der Waals surface area contributed by atoms with E-state index in [4.69, 9.17) is 23.8 Å². The monoisotopic (exact) mass is 506 g/mol. The molecule has 2 fully saturated rings. The van der Waals surface area contributed by atoms with Gasteiger partial charge in [-0.2, -0.15) is 8.62 Å². The van der Waals surface area contributed by atoms with Crippen LogP contribution < -0.4 is 5.32 Å². The van der Waals surface area contributed by atoms with E-state index in [0.717, 1.165) is 0 Å². The summed E-state index contributed by atoms with van der Waals surface area (Å²) < 4.78 is 58.6. The molecule has 15 nitrogen and oxygen atoms in total. The molecule has 6 atom stereocenters. The summed E-state index contributed by atoms with van der Waals surface area (Å²) in [6.45, 7) is 6.92. The van der Waals surface area contributed by atoms with Crippen LogP contribution in [0.4, 0.5) is 0 Å². The van der Waals surface area contributed by atoms with Crippen molar-refractivity contribution < 1.29 is 60.7 Å². The molecule has 1 amide bonds. The summed E-state index contributed by atoms with van der Waals surface area (Å²) >= 11 is 0. The number of nitrogens with zero attached hydrogens (tertiary/aromatic N) is 1. The van der Waals surface area contributed by atoms with Gasteiger partial charge < -0.3 is 39.3 Å². The third kappa shape index (κ3) is 6.11. The van der Waals surface area contributed by atoms with Crippen LogP contribution in [-0.4, -0.2) is 60.5 Å². The molecule has 0 aromatic rings. The van der Waals surface area contributed by atoms with Crippen LogP contribution in [0.3, 0.4) is 0 Å². The molecule has 0 spiro atoms. The predicted octanol–water partition coefficient (Wildman–Crippen LogP) is 0.407. The van der Waals surface area contributed by atoms with Crippen molar-refractivity contribution in [2.45, 2.75) is 50.4 Å². The molecule has 0 bridgehead atoms. The maximum atomic E-state index is 12.3. The molecule has 1 saturated heterocycles. The predicted molar refractivity (Wildman–Crippen MR) is 99.2 cm³/mol. The number of carbonyl (C=O) groups excluding carboxylic acids is 1. The third-order valence-corrected chi connectivity index (χ3v) is 8.26. The second kappa shape index (κ2) is 8.14. The smallest absolute Gasteiger partial charge is 0.342 e. The Bertz CT molecular complexity index is 945. The summed E-state index contributed by atoms with van der Waals surface area (Å²) in [6, 6.07) is -0.589. The average molecular weight is 506 g/mol. The second-order valence-electron chi connectivity index (χ2n) is 7.26. The van der Waals surface area contributed by atoms with Crippen molar-refractivity contribution in [3.8, 4) is 0 Å². The van der Waals surface area contributed by atoms with Crippen molar-refractivity contribution in [3.63, 3.8) is 0 Å². The fourth-order valence-corrected chi connectivity index (χ4v) is 6.76. The van der Waals surface area contributed by atoms with Gasteiger partial charge in [0.05, 0.1) is 6.04 Å². The molecule has 176 valence electrons. The van der Waals surface area contributed by atoms with Crippen molar-refractivity contribution in [3.05, 3.63) is 24.7 Å². The Kier molecular flexibility index (Phi) is 6.49. The van der Waals surface area contributed by atoms with E-state index in [9.17, 15) is 28.3 Å². The van der Waals surface area contributed by atoms with E-state index in [2.05, 4.69) is 20.5 Å². The fraction of sp³-hybridized carbons (Fsp3) is 0.615. The standard InChI is InChI=1S/C13H21N2O13P3/c1-7-14-10(16)4-5-15(7)8-6-9(12-11(8)24-13(2,3)25-12)26-30(20,21)28-31(22,23)27-29(17,18)19/h4-5,8-9,11-12H,1,6H2,2-3H3,(H,14,16)(H,20,21)(H,22,23)(H2,17,18,19). The topological polar surface area (TPSA) is 211 Å². The van der Waals surface area contributed by atoms with Gasteiger partial charge in [0.2, 0.25) is 0 Å². The van der Waals surface area contributed by atoms with E-state index in [0.29, 0.717) is 0 Å². The molecule has 31 heavy (non-hydrogen) atoms. The van der Waals surface area contributed by atoms with Gasteiger partial charge in [0.25, 0.3) is 5.91 Å². The molecule has 18 heteroatoms. The second-order valence-corrected chi connectivity index (χ2v) is 11.6. The van der Waals surface area contributed by atoms with Crippen molar-refractivity contribution in [1.82, 2.24) is 10.2 Å². The summed E-state index contributed by atoms with van der Waals surface area (Å²) in [4.78, 5) is 49.5. The van der Waals surface area contributed by atoms with Gasteiger partial charge in [-0.15, -0.1) is 0 Å². The summed E-state index contributed by atoms with van der Waals surface area (Å²) in [5.74, 6) is -1.30. The Balaban J connectivity index is 1.79. The lowest BCUT2D eigenvalue weighted by Gasteiger charge is -2.34. The van der Waals surface area contributed by atoms with Gasteiger partial charge in [-0.1, -0.05) is 6.58 Å². The highest BCUT2D eigenvalue weighted by Crippen LogP contribution is 2.67. The van der Waals surface area contributed by atoms with Crippen LogP contribution in [0.25, 0.3) is 0 Å². The number of nitrogens with one attached hydrogen (secondary N) is 1. The molecule has 1 saturated carbocycles. The van der Waals surface area contributed by atoms with E-state index >= 15 is 0 Å². The number of phosphoric acid groups is 3. The molecule has 5 N–H and O–H groups in total. The van der Waals surface area contributed by atoms with E-state index in [1.54, 1.807) is 18.7 Å². The van der Waals surface area contributed by atoms with Crippen molar-refractivity contribution in [2.24, 2.45) is 0 Å². The molecule has 6 unspecified atom stereocenters. The summed E-state index contributed by atoms with van der Waals surface area (Å²) in [5, 5.41) is 2.50. The van der Waals surface area contributed by atoms with Gasteiger partial charge >= 0.3 is 23.5 Å². The van der Waals surface area contributed by atoms with E-state index in [1.807, 2.05) is 0 Å². The van der Waals surface area contributed by atoms with Gasteiger partial charge in [0, 0.05) is 18.7 Å². The number of fused-ring (bicyclic) bond motifs is 1. The zero-order valence-electron chi connectivity index (χ0n) is 16.1. The van der Waals surface area contributed by atoms with Gasteiger partial charge in [-0.3, -0.25) is 9.32 Å². The van der Waals surface area contributed by atoms with Crippen molar-refractivity contribution >= 4 is 29.4 Å². The normalized spacial score (nSPS) is 34.2. The minimum absolute atomic E-state index is 0.0341. The minimum atomic E-state index is -5.66. The zero-order chi connectivity index (χ0) is 23.4. The lowest BCUT2D eigenvalue weighted by molar-refractivity contribution is -0.165. The molecule has 1 aliphatic carbocycles. The van der Waals surface area contributed by atoms with Crippen molar-refractivity contribution in [1.29, 1.82) is 0 Å². The van der Waals surface area contributed by atoms with Crippen LogP contribution in [0.1, 0.15) is 20.3 Å². The van der Waals surface area contributed by atoms with Crippen molar-refractivity contribution in [2.75, 3.05) is 0 Å². The fourth-order valence-electron chi connectivity index (χ4n) is 3.55. The lowest BCUT2D eigenvalue weighted by atomic mass is 10.1. The van der Waals surface area contributed by atoms with Crippen LogP contribution in [-0.2, 0) is 41.1 Å². The van der Waals surface area contributed by atoms with Gasteiger partial charge in [0.1, 0.15) is 24.1 Å². The van der Waals surface area contributed by atoms with Crippen LogP contribution in [0, 0.1) is 0 Å². The molecule has 2 aliphatic heterocycles. The first-order chi connectivity index (χ1) is 14.0. The van der Waals surface area contributed by atoms with Gasteiger partial charge in [-0.25, -0.2) is 13.7 Å². The number of carbonyl (C=O) groups is 1. The number of rotatable bonds is 7. The number of ether oxygens (including phenoxy) is 2. The maximum Gasteiger partial charge on any atom is 0.490 e. The number of amides is 1. The highest BCUT2D eigenvalue weighted by molar-refractivity contribution is 7.66. The SMILES string of the molecule is C=C1NC(=O)C=CN1C1CC(OP(=O)(O)OP(=O)(O)OP(=O)(O)O)C2OC(C)(C)OC21. The highest BCUT2D eigenvalue weighted by atomic mass is 31.3. The van der Waals surface area contributed by atoms with Crippen LogP contribution in [0.2, 0.25) is 0 Å². The Labute approximate surface area is 176 Å². The quantitative estimate of drug-likeness (QED) is 0.296. The highest BCUT2D eigenvalue weighted by Gasteiger charge is 2.58. The number of hydrogen-bond donors (Lipinski definition) is 5. The first kappa shape index (κ1) is 24.7. The third-order valence-electron chi connectivity index (χ3n) is 4.39. The summed E-state index contributed by atoms with van der Waals surface area (Å²) in [5.41, 5.74) is 0. The number of hydrogen-bond acceptors (Lipinski definition) is 10. The Hall–Kier alpha value is -0.920. The first-order valence-electron chi connectivity index (χ1n) is 8.61. The van der Waals surface area contributed by atoms with E-state index in [1.165, 1.54) is 12.3 Å². The van der Waals surface area contributed by atoms with E-state index in [-0.39, 0.29) is 12.2 Å². The summed E-state index contributed by atoms with van der Waals surface area (Å²) in [7, 11) is -16.6. The Morgan fingerprint density at radius 2 is 1.74 bits per heavy atom. The Morgan fingerprint density at radius 1 is 1.13 bits per heavy atom. The first-order valence-corrected chi connectivity index (χ1v) is 13.1. The zero-order valence-corrected chi connectivity index (χ0v) is 18.8. The molecule has 0 aromatic carbocycles. The number of phosphoric ester groups is 1. The molecule has 0 radical (unpaired) electrons.